The topological polar surface area (TPSA) is 92.8 Å². The van der Waals surface area contributed by atoms with E-state index in [4.69, 9.17) is 0 Å². The number of nitrogens with zero attached hydrogens (tertiary/aromatic N) is 4. The van der Waals surface area contributed by atoms with Gasteiger partial charge in [-0.15, -0.1) is 0 Å². The zero-order valence-electron chi connectivity index (χ0n) is 15.4. The van der Waals surface area contributed by atoms with Gasteiger partial charge in [-0.2, -0.15) is 5.10 Å². The molecule has 2 aromatic carbocycles. The number of carbonyl (C=O) groups is 1. The molecular formula is C20H19N5O3. The van der Waals surface area contributed by atoms with Gasteiger partial charge in [0.05, 0.1) is 16.8 Å². The summed E-state index contributed by atoms with van der Waals surface area (Å²) in [5.41, 5.74) is 5.51. The van der Waals surface area contributed by atoms with Gasteiger partial charge in [0.25, 0.3) is 11.6 Å². The van der Waals surface area contributed by atoms with Crippen LogP contribution in [0.4, 0.5) is 11.4 Å². The van der Waals surface area contributed by atoms with Crippen LogP contribution in [-0.2, 0) is 0 Å². The fourth-order valence-corrected chi connectivity index (χ4v) is 2.60. The molecule has 142 valence electrons. The Kier molecular flexibility index (Phi) is 5.50. The van der Waals surface area contributed by atoms with Crippen LogP contribution in [0.2, 0.25) is 0 Å². The van der Waals surface area contributed by atoms with Crippen molar-refractivity contribution in [3.63, 3.8) is 0 Å². The first-order chi connectivity index (χ1) is 13.5. The highest BCUT2D eigenvalue weighted by Gasteiger charge is 2.09. The first-order valence-electron chi connectivity index (χ1n) is 8.48. The summed E-state index contributed by atoms with van der Waals surface area (Å²) in [4.78, 5) is 24.3. The molecule has 8 nitrogen and oxygen atoms in total. The quantitative estimate of drug-likeness (QED) is 0.405. The smallest absolute Gasteiger partial charge is 0.271 e. The van der Waals surface area contributed by atoms with E-state index >= 15 is 0 Å². The van der Waals surface area contributed by atoms with Crippen molar-refractivity contribution in [3.05, 3.63) is 88.2 Å². The summed E-state index contributed by atoms with van der Waals surface area (Å²) in [6.45, 7) is 0. The van der Waals surface area contributed by atoms with Crippen molar-refractivity contribution in [1.29, 1.82) is 0 Å². The van der Waals surface area contributed by atoms with E-state index in [1.54, 1.807) is 6.21 Å². The largest absolute Gasteiger partial charge is 0.378 e. The molecule has 1 aromatic heterocycles. The number of nitro benzene ring substituents is 1. The van der Waals surface area contributed by atoms with Gasteiger partial charge in [0.2, 0.25) is 0 Å². The standard InChI is InChI=1S/C20H19N5O3/c1-23(2)16-9-11-17(12-10-16)24-13-3-4-19(24)14-21-22-20(26)15-5-7-18(8-6-15)25(27)28/h3-14H,1-2H3,(H,22,26)/b21-14-. The van der Waals surface area contributed by atoms with Gasteiger partial charge in [0, 0.05) is 49.4 Å². The first-order valence-corrected chi connectivity index (χ1v) is 8.48. The van der Waals surface area contributed by atoms with E-state index in [-0.39, 0.29) is 11.3 Å². The summed E-state index contributed by atoms with van der Waals surface area (Å²) in [6.07, 6.45) is 3.45. The molecule has 0 unspecified atom stereocenters. The third-order valence-corrected chi connectivity index (χ3v) is 4.13. The zero-order chi connectivity index (χ0) is 20.1. The molecule has 0 saturated heterocycles. The van der Waals surface area contributed by atoms with Crippen molar-refractivity contribution in [1.82, 2.24) is 9.99 Å². The number of benzene rings is 2. The van der Waals surface area contributed by atoms with E-state index in [1.807, 2.05) is 66.2 Å². The molecule has 0 bridgehead atoms. The van der Waals surface area contributed by atoms with E-state index < -0.39 is 10.8 Å². The Balaban J connectivity index is 1.69. The number of nitrogens with one attached hydrogen (secondary N) is 1. The Bertz CT molecular complexity index is 1010. The third-order valence-electron chi connectivity index (χ3n) is 4.13. The Morgan fingerprint density at radius 2 is 1.79 bits per heavy atom. The van der Waals surface area contributed by atoms with E-state index in [0.717, 1.165) is 17.1 Å². The van der Waals surface area contributed by atoms with Gasteiger partial charge in [-0.1, -0.05) is 0 Å². The number of hydrogen-bond donors (Lipinski definition) is 1. The summed E-state index contributed by atoms with van der Waals surface area (Å²) in [5.74, 6) is -0.445. The minimum Gasteiger partial charge on any atom is -0.378 e. The number of aromatic nitrogens is 1. The molecule has 3 aromatic rings. The lowest BCUT2D eigenvalue weighted by Crippen LogP contribution is -2.17. The second-order valence-electron chi connectivity index (χ2n) is 6.22. The molecule has 0 aliphatic rings. The lowest BCUT2D eigenvalue weighted by Gasteiger charge is -2.13. The molecule has 0 fully saturated rings. The number of rotatable bonds is 6. The number of nitro groups is 1. The van der Waals surface area contributed by atoms with E-state index in [1.165, 1.54) is 24.3 Å². The molecule has 0 atom stereocenters. The minimum absolute atomic E-state index is 0.0711. The molecule has 0 aliphatic carbocycles. The number of non-ortho nitro benzene ring substituents is 1. The highest BCUT2D eigenvalue weighted by Crippen LogP contribution is 2.17. The molecule has 0 aliphatic heterocycles. The van der Waals surface area contributed by atoms with Crippen molar-refractivity contribution >= 4 is 23.5 Å². The van der Waals surface area contributed by atoms with Crippen molar-refractivity contribution in [3.8, 4) is 5.69 Å². The summed E-state index contributed by atoms with van der Waals surface area (Å²) in [6, 6.07) is 17.1. The van der Waals surface area contributed by atoms with Crippen LogP contribution in [0.5, 0.6) is 0 Å². The van der Waals surface area contributed by atoms with Crippen LogP contribution in [0.15, 0.2) is 72.0 Å². The Labute approximate surface area is 161 Å². The van der Waals surface area contributed by atoms with Crippen molar-refractivity contribution in [2.75, 3.05) is 19.0 Å². The molecule has 8 heteroatoms. The van der Waals surface area contributed by atoms with Crippen LogP contribution in [0, 0.1) is 10.1 Å². The number of hydrogen-bond acceptors (Lipinski definition) is 5. The fourth-order valence-electron chi connectivity index (χ4n) is 2.60. The number of hydrazone groups is 1. The van der Waals surface area contributed by atoms with Gasteiger partial charge in [0.15, 0.2) is 0 Å². The Hall–Kier alpha value is -3.94. The predicted molar refractivity (Wildman–Crippen MR) is 108 cm³/mol. The molecule has 0 spiro atoms. The maximum Gasteiger partial charge on any atom is 0.271 e. The fraction of sp³-hybridized carbons (Fsp3) is 0.100. The third kappa shape index (κ3) is 4.24. The predicted octanol–water partition coefficient (Wildman–Crippen LogP) is 3.22. The van der Waals surface area contributed by atoms with Crippen LogP contribution in [0.3, 0.4) is 0 Å². The molecule has 1 N–H and O–H groups in total. The first kappa shape index (κ1) is 18.8. The number of carbonyl (C=O) groups excluding carboxylic acids is 1. The molecule has 1 amide bonds. The maximum atomic E-state index is 12.1. The van der Waals surface area contributed by atoms with Gasteiger partial charge in [0.1, 0.15) is 0 Å². The van der Waals surface area contributed by atoms with Crippen LogP contribution >= 0.6 is 0 Å². The monoisotopic (exact) mass is 377 g/mol. The zero-order valence-corrected chi connectivity index (χ0v) is 15.4. The van der Waals surface area contributed by atoms with Gasteiger partial charge in [-0.3, -0.25) is 14.9 Å². The molecule has 0 saturated carbocycles. The lowest BCUT2D eigenvalue weighted by molar-refractivity contribution is -0.384. The van der Waals surface area contributed by atoms with Gasteiger partial charge in [-0.25, -0.2) is 5.43 Å². The van der Waals surface area contributed by atoms with Gasteiger partial charge < -0.3 is 9.47 Å². The second-order valence-corrected chi connectivity index (χ2v) is 6.22. The second kappa shape index (κ2) is 8.17. The highest BCUT2D eigenvalue weighted by molar-refractivity contribution is 5.95. The summed E-state index contributed by atoms with van der Waals surface area (Å²) in [7, 11) is 3.97. The van der Waals surface area contributed by atoms with E-state index in [9.17, 15) is 14.9 Å². The molecule has 1 heterocycles. The number of amides is 1. The number of anilines is 1. The highest BCUT2D eigenvalue weighted by atomic mass is 16.6. The maximum absolute atomic E-state index is 12.1. The van der Waals surface area contributed by atoms with Crippen molar-refractivity contribution in [2.24, 2.45) is 5.10 Å². The summed E-state index contributed by atoms with van der Waals surface area (Å²) >= 11 is 0. The molecular weight excluding hydrogens is 358 g/mol. The average molecular weight is 377 g/mol. The summed E-state index contributed by atoms with van der Waals surface area (Å²) < 4.78 is 1.95. The van der Waals surface area contributed by atoms with Crippen LogP contribution in [-0.4, -0.2) is 35.7 Å². The van der Waals surface area contributed by atoms with Crippen LogP contribution in [0.25, 0.3) is 5.69 Å². The molecule has 3 rings (SSSR count). The SMILES string of the molecule is CN(C)c1ccc(-n2cccc2/C=N\NC(=O)c2ccc([N+](=O)[O-])cc2)cc1. The Morgan fingerprint density at radius 3 is 2.39 bits per heavy atom. The van der Waals surface area contributed by atoms with Crippen molar-refractivity contribution in [2.45, 2.75) is 0 Å². The normalized spacial score (nSPS) is 10.8. The van der Waals surface area contributed by atoms with Crippen LogP contribution < -0.4 is 10.3 Å². The van der Waals surface area contributed by atoms with Crippen LogP contribution in [0.1, 0.15) is 16.1 Å². The lowest BCUT2D eigenvalue weighted by atomic mass is 10.2. The molecule has 28 heavy (non-hydrogen) atoms. The Morgan fingerprint density at radius 1 is 1.11 bits per heavy atom. The minimum atomic E-state index is -0.515. The summed E-state index contributed by atoms with van der Waals surface area (Å²) in [5, 5.41) is 14.7. The van der Waals surface area contributed by atoms with Gasteiger partial charge >= 0.3 is 0 Å². The molecule has 0 radical (unpaired) electrons. The van der Waals surface area contributed by atoms with Crippen molar-refractivity contribution < 1.29 is 9.72 Å². The van der Waals surface area contributed by atoms with E-state index in [2.05, 4.69) is 10.5 Å². The van der Waals surface area contributed by atoms with Gasteiger partial charge in [-0.05, 0) is 48.5 Å². The van der Waals surface area contributed by atoms with E-state index in [0.29, 0.717) is 0 Å². The average Bonchev–Trinajstić information content (AvgIpc) is 3.16.